The number of aromatic nitrogens is 1. The molecule has 3 N–H and O–H groups in total. The molecule has 41 heavy (non-hydrogen) atoms. The molecular formula is C35H44N2O4. The zero-order valence-corrected chi connectivity index (χ0v) is 24.9. The maximum atomic E-state index is 12.6. The number of carbonyl (C=O) groups is 2. The number of phenols is 1. The molecule has 1 amide bonds. The average Bonchev–Trinajstić information content (AvgIpc) is 2.95. The van der Waals surface area contributed by atoms with Crippen LogP contribution in [-0.2, 0) is 22.4 Å². The molecule has 0 saturated heterocycles. The molecule has 0 atom stereocenters. The number of rotatable bonds is 15. The highest BCUT2D eigenvalue weighted by Gasteiger charge is 2.37. The Labute approximate surface area is 244 Å². The highest BCUT2D eigenvalue weighted by molar-refractivity contribution is 5.94. The van der Waals surface area contributed by atoms with E-state index in [2.05, 4.69) is 23.5 Å². The Morgan fingerprint density at radius 1 is 0.878 bits per heavy atom. The van der Waals surface area contributed by atoms with E-state index in [1.807, 2.05) is 70.2 Å². The van der Waals surface area contributed by atoms with Crippen LogP contribution in [-0.4, -0.2) is 27.1 Å². The maximum Gasteiger partial charge on any atom is 0.310 e. The minimum absolute atomic E-state index is 0.0517. The van der Waals surface area contributed by atoms with Crippen molar-refractivity contribution in [2.45, 2.75) is 85.5 Å². The number of benzene rings is 2. The standard InChI is InChI=1S/C35H44N2O4/c1-5-35(6-2,34(40)41)24-32(38)37-31-18-11-14-27(23-31)19-20-30-17-12-16-29(36-30)15-10-8-7-9-13-28-21-25(3)33(39)26(4)22-28/h11-12,14,16-23,39H,5-10,13,15,24H2,1-4H3,(H,37,38)(H,40,41)/b20-19+. The van der Waals surface area contributed by atoms with Gasteiger partial charge in [-0.15, -0.1) is 0 Å². The van der Waals surface area contributed by atoms with Gasteiger partial charge in [-0.2, -0.15) is 0 Å². The van der Waals surface area contributed by atoms with Gasteiger partial charge in [-0.3, -0.25) is 14.6 Å². The Hall–Kier alpha value is -3.93. The third-order valence-electron chi connectivity index (χ3n) is 7.95. The van der Waals surface area contributed by atoms with Crippen molar-refractivity contribution in [3.05, 3.63) is 88.2 Å². The smallest absolute Gasteiger partial charge is 0.310 e. The fourth-order valence-electron chi connectivity index (χ4n) is 5.20. The number of carboxylic acid groups (broad SMARTS) is 1. The number of pyridine rings is 1. The van der Waals surface area contributed by atoms with E-state index in [1.165, 1.54) is 12.0 Å². The Balaban J connectivity index is 1.48. The first-order valence-corrected chi connectivity index (χ1v) is 14.7. The van der Waals surface area contributed by atoms with E-state index in [4.69, 9.17) is 4.98 Å². The molecule has 3 rings (SSSR count). The van der Waals surface area contributed by atoms with Gasteiger partial charge in [-0.1, -0.05) is 63.1 Å². The van der Waals surface area contributed by atoms with Crippen LogP contribution < -0.4 is 5.32 Å². The van der Waals surface area contributed by atoms with E-state index in [-0.39, 0.29) is 12.3 Å². The average molecular weight is 557 g/mol. The molecular weight excluding hydrogens is 512 g/mol. The molecule has 2 aromatic carbocycles. The summed E-state index contributed by atoms with van der Waals surface area (Å²) in [5.74, 6) is -0.822. The summed E-state index contributed by atoms with van der Waals surface area (Å²) in [4.78, 5) is 29.1. The van der Waals surface area contributed by atoms with Gasteiger partial charge in [0.25, 0.3) is 0 Å². The molecule has 3 aromatic rings. The van der Waals surface area contributed by atoms with E-state index in [0.717, 1.165) is 60.2 Å². The predicted octanol–water partition coefficient (Wildman–Crippen LogP) is 8.14. The minimum Gasteiger partial charge on any atom is -0.507 e. The van der Waals surface area contributed by atoms with Gasteiger partial charge in [-0.25, -0.2) is 0 Å². The predicted molar refractivity (Wildman–Crippen MR) is 167 cm³/mol. The molecule has 218 valence electrons. The third kappa shape index (κ3) is 9.31. The first kappa shape index (κ1) is 31.6. The molecule has 6 nitrogen and oxygen atoms in total. The van der Waals surface area contributed by atoms with Gasteiger partial charge in [0.1, 0.15) is 5.75 Å². The number of carbonyl (C=O) groups excluding carboxylic acids is 1. The van der Waals surface area contributed by atoms with E-state index in [0.29, 0.717) is 24.3 Å². The summed E-state index contributed by atoms with van der Waals surface area (Å²) in [6, 6.07) is 17.8. The molecule has 0 saturated carbocycles. The number of hydrogen-bond donors (Lipinski definition) is 3. The SMILES string of the molecule is CCC(CC)(CC(=O)Nc1cccc(/C=C/c2cccc(CCCCCCc3cc(C)c(O)c(C)c3)n2)c1)C(=O)O. The van der Waals surface area contributed by atoms with Crippen LogP contribution in [0, 0.1) is 19.3 Å². The van der Waals surface area contributed by atoms with Gasteiger partial charge in [0, 0.05) is 17.8 Å². The van der Waals surface area contributed by atoms with E-state index in [1.54, 1.807) is 6.07 Å². The van der Waals surface area contributed by atoms with Crippen molar-refractivity contribution in [1.82, 2.24) is 4.98 Å². The highest BCUT2D eigenvalue weighted by atomic mass is 16.4. The van der Waals surface area contributed by atoms with Gasteiger partial charge in [0.05, 0.1) is 11.1 Å². The summed E-state index contributed by atoms with van der Waals surface area (Å²) < 4.78 is 0. The molecule has 0 spiro atoms. The summed E-state index contributed by atoms with van der Waals surface area (Å²) in [6.45, 7) is 7.52. The van der Waals surface area contributed by atoms with Crippen LogP contribution in [0.3, 0.4) is 0 Å². The lowest BCUT2D eigenvalue weighted by Gasteiger charge is -2.25. The van der Waals surface area contributed by atoms with Crippen LogP contribution in [0.1, 0.15) is 92.4 Å². The second-order valence-electron chi connectivity index (χ2n) is 11.0. The highest BCUT2D eigenvalue weighted by Crippen LogP contribution is 2.31. The van der Waals surface area contributed by atoms with Gasteiger partial charge in [0.2, 0.25) is 5.91 Å². The first-order chi connectivity index (χ1) is 19.7. The Morgan fingerprint density at radius 2 is 1.54 bits per heavy atom. The van der Waals surface area contributed by atoms with E-state index >= 15 is 0 Å². The zero-order chi connectivity index (χ0) is 29.8. The number of nitrogens with zero attached hydrogens (tertiary/aromatic N) is 1. The topological polar surface area (TPSA) is 99.5 Å². The van der Waals surface area contributed by atoms with Crippen LogP contribution in [0.25, 0.3) is 12.2 Å². The molecule has 0 aliphatic rings. The van der Waals surface area contributed by atoms with Gasteiger partial charge in [0.15, 0.2) is 0 Å². The van der Waals surface area contributed by atoms with Crippen molar-refractivity contribution in [3.8, 4) is 5.75 Å². The van der Waals surface area contributed by atoms with Crippen molar-refractivity contribution in [2.24, 2.45) is 5.41 Å². The number of amides is 1. The Morgan fingerprint density at radius 3 is 2.20 bits per heavy atom. The molecule has 0 aliphatic carbocycles. The van der Waals surface area contributed by atoms with E-state index in [9.17, 15) is 19.8 Å². The van der Waals surface area contributed by atoms with Crippen molar-refractivity contribution in [3.63, 3.8) is 0 Å². The quantitative estimate of drug-likeness (QED) is 0.164. The fraction of sp³-hybridized carbons (Fsp3) is 0.400. The van der Waals surface area contributed by atoms with Crippen molar-refractivity contribution < 1.29 is 19.8 Å². The number of aryl methyl sites for hydroxylation is 4. The number of aromatic hydroxyl groups is 1. The van der Waals surface area contributed by atoms with Crippen LogP contribution in [0.2, 0.25) is 0 Å². The Bertz CT molecular complexity index is 1330. The molecule has 1 heterocycles. The maximum absolute atomic E-state index is 12.6. The molecule has 0 unspecified atom stereocenters. The molecule has 0 aliphatic heterocycles. The summed E-state index contributed by atoms with van der Waals surface area (Å²) >= 11 is 0. The molecule has 0 bridgehead atoms. The number of aliphatic carboxylic acids is 1. The number of phenolic OH excluding ortho intramolecular Hbond substituents is 1. The lowest BCUT2D eigenvalue weighted by Crippen LogP contribution is -2.34. The molecule has 1 aromatic heterocycles. The van der Waals surface area contributed by atoms with Crippen LogP contribution in [0.5, 0.6) is 5.75 Å². The largest absolute Gasteiger partial charge is 0.507 e. The molecule has 6 heteroatoms. The van der Waals surface area contributed by atoms with Crippen LogP contribution in [0.4, 0.5) is 5.69 Å². The second kappa shape index (κ2) is 15.2. The monoisotopic (exact) mass is 556 g/mol. The Kier molecular flexibility index (Phi) is 11.7. The molecule has 0 radical (unpaired) electrons. The second-order valence-corrected chi connectivity index (χ2v) is 11.0. The minimum atomic E-state index is -1.04. The number of nitrogens with one attached hydrogen (secondary N) is 1. The van der Waals surface area contributed by atoms with Crippen molar-refractivity contribution >= 4 is 29.7 Å². The summed E-state index contributed by atoms with van der Waals surface area (Å²) in [7, 11) is 0. The van der Waals surface area contributed by atoms with Crippen LogP contribution >= 0.6 is 0 Å². The number of hydrogen-bond acceptors (Lipinski definition) is 4. The van der Waals surface area contributed by atoms with E-state index < -0.39 is 11.4 Å². The number of carboxylic acids is 1. The summed E-state index contributed by atoms with van der Waals surface area (Å²) in [6.07, 6.45) is 11.2. The fourth-order valence-corrected chi connectivity index (χ4v) is 5.20. The lowest BCUT2D eigenvalue weighted by atomic mass is 9.79. The number of unbranched alkanes of at least 4 members (excludes halogenated alkanes) is 3. The van der Waals surface area contributed by atoms with Crippen LogP contribution in [0.15, 0.2) is 54.6 Å². The molecule has 0 fully saturated rings. The number of anilines is 1. The third-order valence-corrected chi connectivity index (χ3v) is 7.95. The van der Waals surface area contributed by atoms with Gasteiger partial charge < -0.3 is 15.5 Å². The van der Waals surface area contributed by atoms with Crippen molar-refractivity contribution in [1.29, 1.82) is 0 Å². The summed E-state index contributed by atoms with van der Waals surface area (Å²) in [5, 5.41) is 22.4. The van der Waals surface area contributed by atoms with Gasteiger partial charge >= 0.3 is 5.97 Å². The lowest BCUT2D eigenvalue weighted by molar-refractivity contribution is -0.151. The van der Waals surface area contributed by atoms with Gasteiger partial charge in [-0.05, 0) is 105 Å². The van der Waals surface area contributed by atoms with Crippen molar-refractivity contribution in [2.75, 3.05) is 5.32 Å². The summed E-state index contributed by atoms with van der Waals surface area (Å²) in [5.41, 5.74) is 5.67. The first-order valence-electron chi connectivity index (χ1n) is 14.7. The normalized spacial score (nSPS) is 11.6. The zero-order valence-electron chi connectivity index (χ0n) is 24.9.